The van der Waals surface area contributed by atoms with Crippen molar-refractivity contribution in [2.75, 3.05) is 0 Å². The van der Waals surface area contributed by atoms with E-state index in [4.69, 9.17) is 0 Å². The van der Waals surface area contributed by atoms with Crippen LogP contribution in [-0.2, 0) is 0 Å². The van der Waals surface area contributed by atoms with Gasteiger partial charge >= 0.3 is 0 Å². The first kappa shape index (κ1) is 10.9. The molecule has 0 aromatic heterocycles. The van der Waals surface area contributed by atoms with Gasteiger partial charge in [-0.1, -0.05) is 25.2 Å². The van der Waals surface area contributed by atoms with Crippen LogP contribution in [0.1, 0.15) is 20.3 Å². The summed E-state index contributed by atoms with van der Waals surface area (Å²) in [6.07, 6.45) is 7.02. The largest absolute Gasteiger partial charge is 0.151 e. The summed E-state index contributed by atoms with van der Waals surface area (Å²) in [7, 11) is 0. The van der Waals surface area contributed by atoms with E-state index in [0.717, 1.165) is 11.3 Å². The van der Waals surface area contributed by atoms with Crippen molar-refractivity contribution in [3.05, 3.63) is 34.1 Å². The molecule has 0 unspecified atom stereocenters. The van der Waals surface area contributed by atoms with E-state index in [1.165, 1.54) is 5.57 Å². The molecular formula is C9H14S2. The molecule has 0 radical (unpaired) electrons. The first-order chi connectivity index (χ1) is 5.20. The second kappa shape index (κ2) is 6.62. The van der Waals surface area contributed by atoms with Gasteiger partial charge in [-0.25, -0.2) is 0 Å². The molecule has 0 saturated heterocycles. The Hall–Kier alpha value is -0.0800. The Morgan fingerprint density at radius 2 is 2.09 bits per heavy atom. The average Bonchev–Trinajstić information content (AvgIpc) is 1.97. The fraction of sp³-hybridized carbons (Fsp3) is 0.333. The molecule has 0 saturated carbocycles. The number of rotatable bonds is 3. The SMILES string of the molecule is CCC(=C/C=C/S)/C=C(\C)S. The van der Waals surface area contributed by atoms with Gasteiger partial charge in [0.25, 0.3) is 0 Å². The first-order valence-electron chi connectivity index (χ1n) is 3.58. The lowest BCUT2D eigenvalue weighted by Crippen LogP contribution is -1.73. The quantitative estimate of drug-likeness (QED) is 0.488. The average molecular weight is 186 g/mol. The van der Waals surface area contributed by atoms with E-state index in [9.17, 15) is 0 Å². The Kier molecular flexibility index (Phi) is 6.57. The van der Waals surface area contributed by atoms with Crippen molar-refractivity contribution in [1.29, 1.82) is 0 Å². The predicted octanol–water partition coefficient (Wildman–Crippen LogP) is 3.60. The fourth-order valence-electron chi connectivity index (χ4n) is 0.703. The monoisotopic (exact) mass is 186 g/mol. The topological polar surface area (TPSA) is 0 Å². The number of allylic oxidation sites excluding steroid dienone is 5. The lowest BCUT2D eigenvalue weighted by atomic mass is 10.2. The van der Waals surface area contributed by atoms with Crippen molar-refractivity contribution in [2.45, 2.75) is 20.3 Å². The summed E-state index contributed by atoms with van der Waals surface area (Å²) in [5, 5.41) is 1.72. The highest BCUT2D eigenvalue weighted by Gasteiger charge is 1.86. The molecule has 0 nitrogen and oxygen atoms in total. The van der Waals surface area contributed by atoms with E-state index in [1.54, 1.807) is 5.41 Å². The summed E-state index contributed by atoms with van der Waals surface area (Å²) in [4.78, 5) is 1.03. The van der Waals surface area contributed by atoms with Crippen LogP contribution < -0.4 is 0 Å². The van der Waals surface area contributed by atoms with Crippen molar-refractivity contribution < 1.29 is 0 Å². The smallest absolute Gasteiger partial charge is 0.0213 e. The van der Waals surface area contributed by atoms with Crippen molar-refractivity contribution in [3.63, 3.8) is 0 Å². The minimum absolute atomic E-state index is 1.02. The van der Waals surface area contributed by atoms with E-state index >= 15 is 0 Å². The second-order valence-electron chi connectivity index (χ2n) is 2.22. The molecule has 0 rings (SSSR count). The summed E-state index contributed by atoms with van der Waals surface area (Å²) in [5.74, 6) is 0. The van der Waals surface area contributed by atoms with Crippen LogP contribution in [0.5, 0.6) is 0 Å². The first-order valence-corrected chi connectivity index (χ1v) is 4.54. The lowest BCUT2D eigenvalue weighted by molar-refractivity contribution is 1.15. The lowest BCUT2D eigenvalue weighted by Gasteiger charge is -1.94. The van der Waals surface area contributed by atoms with Crippen molar-refractivity contribution >= 4 is 25.3 Å². The molecule has 0 spiro atoms. The van der Waals surface area contributed by atoms with Crippen LogP contribution in [0.15, 0.2) is 34.1 Å². The molecule has 0 amide bonds. The minimum atomic E-state index is 1.02. The van der Waals surface area contributed by atoms with E-state index < -0.39 is 0 Å². The van der Waals surface area contributed by atoms with Crippen molar-refractivity contribution in [2.24, 2.45) is 0 Å². The Labute approximate surface area is 79.9 Å². The summed E-state index contributed by atoms with van der Waals surface area (Å²) in [6, 6.07) is 0. The minimum Gasteiger partial charge on any atom is -0.151 e. The van der Waals surface area contributed by atoms with Gasteiger partial charge in [-0.05, 0) is 29.2 Å². The van der Waals surface area contributed by atoms with Crippen molar-refractivity contribution in [3.8, 4) is 0 Å². The van der Waals surface area contributed by atoms with E-state index in [0.29, 0.717) is 0 Å². The van der Waals surface area contributed by atoms with Gasteiger partial charge in [-0.15, -0.1) is 12.6 Å². The molecule has 0 aromatic carbocycles. The molecule has 0 aliphatic rings. The standard InChI is InChI=1S/C9H14S2/c1-3-9(5-4-6-10)7-8(2)11/h4-7,10-11H,3H2,1-2H3/b6-4+,8-7+,9-5-. The van der Waals surface area contributed by atoms with Crippen LogP contribution >= 0.6 is 25.3 Å². The Balaban J connectivity index is 4.28. The molecule has 0 fully saturated rings. The molecule has 11 heavy (non-hydrogen) atoms. The summed E-state index contributed by atoms with van der Waals surface area (Å²) in [6.45, 7) is 4.09. The highest BCUT2D eigenvalue weighted by molar-refractivity contribution is 7.84. The van der Waals surface area contributed by atoms with Gasteiger partial charge in [0.15, 0.2) is 0 Å². The second-order valence-corrected chi connectivity index (χ2v) is 3.23. The number of hydrogen-bond acceptors (Lipinski definition) is 2. The zero-order valence-electron chi connectivity index (χ0n) is 6.91. The predicted molar refractivity (Wildman–Crippen MR) is 59.2 cm³/mol. The van der Waals surface area contributed by atoms with Crippen LogP contribution in [0.4, 0.5) is 0 Å². The van der Waals surface area contributed by atoms with Crippen LogP contribution in [0, 0.1) is 0 Å². The van der Waals surface area contributed by atoms with Crippen LogP contribution in [-0.4, -0.2) is 0 Å². The highest BCUT2D eigenvalue weighted by atomic mass is 32.1. The molecule has 0 aromatic rings. The number of thiol groups is 2. The maximum absolute atomic E-state index is 4.19. The normalized spacial score (nSPS) is 14.5. The third kappa shape index (κ3) is 6.32. The van der Waals surface area contributed by atoms with E-state index in [-0.39, 0.29) is 0 Å². The molecule has 2 heteroatoms. The van der Waals surface area contributed by atoms with Crippen molar-refractivity contribution in [1.82, 2.24) is 0 Å². The van der Waals surface area contributed by atoms with Gasteiger partial charge in [0.05, 0.1) is 0 Å². The third-order valence-electron chi connectivity index (χ3n) is 1.20. The highest BCUT2D eigenvalue weighted by Crippen LogP contribution is 2.08. The Bertz CT molecular complexity index is 184. The summed E-state index contributed by atoms with van der Waals surface area (Å²) >= 11 is 8.15. The molecule has 0 aliphatic heterocycles. The maximum atomic E-state index is 4.19. The van der Waals surface area contributed by atoms with Gasteiger partial charge in [0.2, 0.25) is 0 Å². The van der Waals surface area contributed by atoms with Gasteiger partial charge in [0.1, 0.15) is 0 Å². The summed E-state index contributed by atoms with van der Waals surface area (Å²) in [5.41, 5.74) is 1.27. The molecule has 0 N–H and O–H groups in total. The molecule has 0 atom stereocenters. The Morgan fingerprint density at radius 3 is 2.45 bits per heavy atom. The maximum Gasteiger partial charge on any atom is -0.0213 e. The van der Waals surface area contributed by atoms with Crippen LogP contribution in [0.2, 0.25) is 0 Å². The van der Waals surface area contributed by atoms with Gasteiger partial charge in [-0.2, -0.15) is 12.6 Å². The molecular weight excluding hydrogens is 172 g/mol. The van der Waals surface area contributed by atoms with Crippen LogP contribution in [0.25, 0.3) is 0 Å². The number of hydrogen-bond donors (Lipinski definition) is 2. The van der Waals surface area contributed by atoms with E-state index in [2.05, 4.69) is 38.3 Å². The van der Waals surface area contributed by atoms with Gasteiger partial charge < -0.3 is 0 Å². The zero-order valence-corrected chi connectivity index (χ0v) is 8.70. The third-order valence-corrected chi connectivity index (χ3v) is 1.50. The zero-order chi connectivity index (χ0) is 8.69. The molecule has 0 aliphatic carbocycles. The summed E-state index contributed by atoms with van der Waals surface area (Å²) < 4.78 is 0. The van der Waals surface area contributed by atoms with E-state index in [1.807, 2.05) is 19.1 Å². The molecule has 62 valence electrons. The van der Waals surface area contributed by atoms with Gasteiger partial charge in [0, 0.05) is 0 Å². The molecule has 0 bridgehead atoms. The Morgan fingerprint density at radius 1 is 1.45 bits per heavy atom. The molecule has 0 heterocycles. The van der Waals surface area contributed by atoms with Gasteiger partial charge in [-0.3, -0.25) is 0 Å². The van der Waals surface area contributed by atoms with Crippen LogP contribution in [0.3, 0.4) is 0 Å². The fourth-order valence-corrected chi connectivity index (χ4v) is 0.955.